The molecule has 0 aliphatic carbocycles. The predicted octanol–water partition coefficient (Wildman–Crippen LogP) is 9.94. The average Bonchev–Trinajstić information content (AvgIpc) is 3.66. The van der Waals surface area contributed by atoms with Crippen molar-refractivity contribution in [1.82, 2.24) is 15.0 Å². The van der Waals surface area contributed by atoms with Crippen LogP contribution in [0.15, 0.2) is 136 Å². The van der Waals surface area contributed by atoms with E-state index >= 15 is 0 Å². The summed E-state index contributed by atoms with van der Waals surface area (Å²) in [7, 11) is 0. The fraction of sp³-hybridized carbons (Fsp3) is 0. The molecule has 3 aromatic heterocycles. The highest BCUT2D eigenvalue weighted by molar-refractivity contribution is 6.13. The van der Waals surface area contributed by atoms with Crippen molar-refractivity contribution >= 4 is 43.9 Å². The first kappa shape index (κ1) is 24.4. The normalized spacial score (nSPS) is 11.5. The molecule has 0 saturated carbocycles. The van der Waals surface area contributed by atoms with Gasteiger partial charge in [0.25, 0.3) is 0 Å². The van der Waals surface area contributed by atoms with Crippen molar-refractivity contribution in [3.8, 4) is 45.3 Å². The molecule has 9 aromatic rings. The van der Waals surface area contributed by atoms with E-state index in [9.17, 15) is 0 Å². The van der Waals surface area contributed by atoms with E-state index in [1.165, 1.54) is 0 Å². The molecule has 0 saturated heterocycles. The third-order valence-corrected chi connectivity index (χ3v) is 8.00. The van der Waals surface area contributed by atoms with Crippen molar-refractivity contribution in [2.45, 2.75) is 0 Å². The number of hydrogen-bond donors (Lipinski definition) is 0. The van der Waals surface area contributed by atoms with Gasteiger partial charge < -0.3 is 8.83 Å². The number of rotatable bonds is 4. The van der Waals surface area contributed by atoms with E-state index in [1.54, 1.807) is 0 Å². The molecular formula is C39H21N3O2. The van der Waals surface area contributed by atoms with Crippen LogP contribution in [-0.2, 0) is 0 Å². The quantitative estimate of drug-likeness (QED) is 0.213. The minimum atomic E-state index is 0.580. The van der Waals surface area contributed by atoms with Crippen molar-refractivity contribution in [1.29, 1.82) is 0 Å². The lowest BCUT2D eigenvalue weighted by molar-refractivity contribution is 0.669. The Balaban J connectivity index is 1.33. The standard InChI is InChI=1S/C39H21N3O2/c1-3-11-24(12-4-1)37-40-38(25-13-5-2-6-14-25)42-39(41-37)31-22-27(23-35-36(31)29-16-8-10-18-33(29)44-35)26-19-20-34-30(21-26)28-15-7-9-17-32(28)43-34/h1-8,10-16,18-23H. The van der Waals surface area contributed by atoms with E-state index in [0.29, 0.717) is 23.1 Å². The molecule has 0 aliphatic rings. The fourth-order valence-electron chi connectivity index (χ4n) is 5.91. The van der Waals surface area contributed by atoms with Gasteiger partial charge in [-0.2, -0.15) is 0 Å². The SMILES string of the molecule is c1ccc2c(c#1)oc1ccc(-c3cc(-c4nc(-c5ccccc5)nc(-c5ccccc5)n4)c4c(c3)oc3ccccc34)cc12. The molecule has 0 unspecified atom stereocenters. The van der Waals surface area contributed by atoms with Gasteiger partial charge in [0.15, 0.2) is 23.1 Å². The second kappa shape index (κ2) is 9.65. The molecule has 5 heteroatoms. The van der Waals surface area contributed by atoms with Crippen LogP contribution in [0, 0.1) is 12.1 Å². The Hall–Kier alpha value is -6.25. The van der Waals surface area contributed by atoms with Crippen LogP contribution >= 0.6 is 0 Å². The van der Waals surface area contributed by atoms with Gasteiger partial charge in [0.1, 0.15) is 16.7 Å². The maximum Gasteiger partial charge on any atom is 0.185 e. The molecule has 0 atom stereocenters. The van der Waals surface area contributed by atoms with Crippen molar-refractivity contribution in [3.05, 3.63) is 140 Å². The van der Waals surface area contributed by atoms with Crippen LogP contribution < -0.4 is 0 Å². The third-order valence-electron chi connectivity index (χ3n) is 8.00. The molecule has 6 aromatic carbocycles. The number of hydrogen-bond acceptors (Lipinski definition) is 5. The minimum Gasteiger partial charge on any atom is -0.456 e. The lowest BCUT2D eigenvalue weighted by Gasteiger charge is -2.11. The highest BCUT2D eigenvalue weighted by Gasteiger charge is 2.20. The first-order valence-corrected chi connectivity index (χ1v) is 14.4. The van der Waals surface area contributed by atoms with E-state index in [1.807, 2.05) is 97.1 Å². The lowest BCUT2D eigenvalue weighted by Crippen LogP contribution is -2.00. The van der Waals surface area contributed by atoms with Crippen LogP contribution in [0.3, 0.4) is 0 Å². The molecule has 0 radical (unpaired) electrons. The number of nitrogens with zero attached hydrogens (tertiary/aromatic N) is 3. The van der Waals surface area contributed by atoms with E-state index in [2.05, 4.69) is 42.5 Å². The zero-order valence-corrected chi connectivity index (χ0v) is 23.3. The molecule has 0 fully saturated rings. The maximum absolute atomic E-state index is 6.45. The molecule has 3 heterocycles. The highest BCUT2D eigenvalue weighted by Crippen LogP contribution is 2.41. The van der Waals surface area contributed by atoms with Crippen LogP contribution in [-0.4, -0.2) is 15.0 Å². The lowest BCUT2D eigenvalue weighted by atomic mass is 9.97. The van der Waals surface area contributed by atoms with Gasteiger partial charge in [-0.15, -0.1) is 0 Å². The van der Waals surface area contributed by atoms with Crippen LogP contribution in [0.4, 0.5) is 0 Å². The molecule has 0 spiro atoms. The summed E-state index contributed by atoms with van der Waals surface area (Å²) in [6.45, 7) is 0. The number of para-hydroxylation sites is 1. The minimum absolute atomic E-state index is 0.580. The average molecular weight is 564 g/mol. The number of benzene rings is 5. The van der Waals surface area contributed by atoms with E-state index in [0.717, 1.165) is 66.1 Å². The Morgan fingerprint density at radius 1 is 0.455 bits per heavy atom. The summed E-state index contributed by atoms with van der Waals surface area (Å²) in [5.74, 6) is 1.80. The maximum atomic E-state index is 6.45. The number of aromatic nitrogens is 3. The van der Waals surface area contributed by atoms with Gasteiger partial charge in [0.05, 0.1) is 0 Å². The Bertz CT molecular complexity index is 2440. The van der Waals surface area contributed by atoms with Gasteiger partial charge in [-0.3, -0.25) is 0 Å². The van der Waals surface area contributed by atoms with Crippen molar-refractivity contribution in [2.24, 2.45) is 0 Å². The summed E-state index contributed by atoms with van der Waals surface area (Å²) in [6, 6.07) is 48.6. The smallest absolute Gasteiger partial charge is 0.185 e. The van der Waals surface area contributed by atoms with Crippen molar-refractivity contribution < 1.29 is 8.83 Å². The molecule has 0 amide bonds. The van der Waals surface area contributed by atoms with E-state index < -0.39 is 0 Å². The molecule has 204 valence electrons. The molecule has 9 rings (SSSR count). The van der Waals surface area contributed by atoms with Crippen molar-refractivity contribution in [3.63, 3.8) is 0 Å². The van der Waals surface area contributed by atoms with Gasteiger partial charge >= 0.3 is 0 Å². The first-order valence-electron chi connectivity index (χ1n) is 14.4. The molecule has 44 heavy (non-hydrogen) atoms. The van der Waals surface area contributed by atoms with E-state index in [-0.39, 0.29) is 0 Å². The zero-order valence-electron chi connectivity index (χ0n) is 23.3. The summed E-state index contributed by atoms with van der Waals surface area (Å²) in [5.41, 5.74) is 7.80. The van der Waals surface area contributed by atoms with Gasteiger partial charge in [-0.25, -0.2) is 15.0 Å². The third kappa shape index (κ3) is 3.93. The Kier molecular flexibility index (Phi) is 5.34. The summed E-state index contributed by atoms with van der Waals surface area (Å²) < 4.78 is 12.5. The summed E-state index contributed by atoms with van der Waals surface area (Å²) in [4.78, 5) is 15.0. The number of furan rings is 2. The molecular weight excluding hydrogens is 542 g/mol. The van der Waals surface area contributed by atoms with Crippen molar-refractivity contribution in [2.75, 3.05) is 0 Å². The Morgan fingerprint density at radius 3 is 1.91 bits per heavy atom. The van der Waals surface area contributed by atoms with Crippen LogP contribution in [0.25, 0.3) is 89.2 Å². The monoisotopic (exact) mass is 563 g/mol. The highest BCUT2D eigenvalue weighted by atomic mass is 16.3. The summed E-state index contributed by atoms with van der Waals surface area (Å²) in [6.07, 6.45) is 0. The zero-order chi connectivity index (χ0) is 29.0. The van der Waals surface area contributed by atoms with Crippen LogP contribution in [0.2, 0.25) is 0 Å². The molecule has 0 bridgehead atoms. The second-order valence-electron chi connectivity index (χ2n) is 10.7. The van der Waals surface area contributed by atoms with Crippen LogP contribution in [0.1, 0.15) is 0 Å². The van der Waals surface area contributed by atoms with Gasteiger partial charge in [-0.1, -0.05) is 91.0 Å². The fourth-order valence-corrected chi connectivity index (χ4v) is 5.91. The molecule has 5 nitrogen and oxygen atoms in total. The molecule has 0 aliphatic heterocycles. The van der Waals surface area contributed by atoms with Gasteiger partial charge in [0, 0.05) is 38.2 Å². The second-order valence-corrected chi connectivity index (χ2v) is 10.7. The van der Waals surface area contributed by atoms with Gasteiger partial charge in [-0.05, 0) is 59.7 Å². The Morgan fingerprint density at radius 2 is 1.14 bits per heavy atom. The summed E-state index contributed by atoms with van der Waals surface area (Å²) in [5, 5.41) is 4.00. The van der Waals surface area contributed by atoms with Gasteiger partial charge in [0.2, 0.25) is 0 Å². The first-order chi connectivity index (χ1) is 21.8. The van der Waals surface area contributed by atoms with E-state index in [4.69, 9.17) is 23.8 Å². The topological polar surface area (TPSA) is 65.0 Å². The summed E-state index contributed by atoms with van der Waals surface area (Å²) >= 11 is 0. The number of fused-ring (bicyclic) bond motifs is 6. The molecule has 0 N–H and O–H groups in total. The Labute approximate surface area is 252 Å². The largest absolute Gasteiger partial charge is 0.456 e. The van der Waals surface area contributed by atoms with Crippen LogP contribution in [0.5, 0.6) is 0 Å². The predicted molar refractivity (Wildman–Crippen MR) is 174 cm³/mol.